The van der Waals surface area contributed by atoms with Gasteiger partial charge in [-0.3, -0.25) is 4.79 Å². The third-order valence-corrected chi connectivity index (χ3v) is 4.89. The SMILES string of the molecule is Cc1noc2nc(-c3cccs3)cc(C(=O)Nc3ccccc3OC(F)(F)F)c12. The average molecular weight is 419 g/mol. The van der Waals surface area contributed by atoms with Crippen LogP contribution in [0.3, 0.4) is 0 Å². The first-order chi connectivity index (χ1) is 13.8. The maximum Gasteiger partial charge on any atom is 0.573 e. The molecule has 0 saturated heterocycles. The van der Waals surface area contributed by atoms with Crippen molar-refractivity contribution in [1.29, 1.82) is 0 Å². The number of para-hydroxylation sites is 2. The molecule has 4 aromatic rings. The zero-order valence-electron chi connectivity index (χ0n) is 14.8. The van der Waals surface area contributed by atoms with Crippen LogP contribution < -0.4 is 10.1 Å². The number of hydrogen-bond acceptors (Lipinski definition) is 6. The Morgan fingerprint density at radius 2 is 2.00 bits per heavy atom. The second kappa shape index (κ2) is 7.21. The van der Waals surface area contributed by atoms with Crippen LogP contribution >= 0.6 is 11.3 Å². The van der Waals surface area contributed by atoms with Crippen molar-refractivity contribution >= 4 is 34.0 Å². The number of nitrogens with one attached hydrogen (secondary N) is 1. The zero-order chi connectivity index (χ0) is 20.6. The lowest BCUT2D eigenvalue weighted by molar-refractivity contribution is -0.274. The van der Waals surface area contributed by atoms with Crippen LogP contribution in [-0.4, -0.2) is 22.4 Å². The molecule has 0 aliphatic heterocycles. The molecule has 0 atom stereocenters. The molecule has 1 aromatic carbocycles. The summed E-state index contributed by atoms with van der Waals surface area (Å²) < 4.78 is 47.1. The number of alkyl halides is 3. The van der Waals surface area contributed by atoms with Gasteiger partial charge < -0.3 is 14.6 Å². The molecule has 4 rings (SSSR count). The number of benzene rings is 1. The van der Waals surface area contributed by atoms with Crippen molar-refractivity contribution in [2.24, 2.45) is 0 Å². The fourth-order valence-corrected chi connectivity index (χ4v) is 3.48. The molecular weight excluding hydrogens is 407 g/mol. The van der Waals surface area contributed by atoms with Crippen LogP contribution in [0.2, 0.25) is 0 Å². The van der Waals surface area contributed by atoms with Gasteiger partial charge in [-0.05, 0) is 36.6 Å². The minimum Gasteiger partial charge on any atom is -0.404 e. The first-order valence-corrected chi connectivity index (χ1v) is 9.17. The minimum absolute atomic E-state index is 0.119. The van der Waals surface area contributed by atoms with Crippen molar-refractivity contribution in [3.63, 3.8) is 0 Å². The predicted molar refractivity (Wildman–Crippen MR) is 101 cm³/mol. The number of rotatable bonds is 4. The van der Waals surface area contributed by atoms with Gasteiger partial charge in [-0.15, -0.1) is 24.5 Å². The van der Waals surface area contributed by atoms with Crippen molar-refractivity contribution < 1.29 is 27.2 Å². The zero-order valence-corrected chi connectivity index (χ0v) is 15.6. The highest BCUT2D eigenvalue weighted by molar-refractivity contribution is 7.13. The fourth-order valence-electron chi connectivity index (χ4n) is 2.80. The van der Waals surface area contributed by atoms with Gasteiger partial charge in [-0.2, -0.15) is 0 Å². The number of amides is 1. The third kappa shape index (κ3) is 3.92. The molecule has 0 spiro atoms. The lowest BCUT2D eigenvalue weighted by Gasteiger charge is -2.14. The summed E-state index contributed by atoms with van der Waals surface area (Å²) in [5.74, 6) is -1.15. The first-order valence-electron chi connectivity index (χ1n) is 8.29. The van der Waals surface area contributed by atoms with Crippen LogP contribution in [0, 0.1) is 6.92 Å². The number of fused-ring (bicyclic) bond motifs is 1. The van der Waals surface area contributed by atoms with Crippen LogP contribution in [0.1, 0.15) is 16.1 Å². The molecule has 6 nitrogen and oxygen atoms in total. The van der Waals surface area contributed by atoms with Gasteiger partial charge in [0.05, 0.1) is 32.9 Å². The summed E-state index contributed by atoms with van der Waals surface area (Å²) in [4.78, 5) is 18.2. The number of aryl methyl sites for hydroxylation is 1. The van der Waals surface area contributed by atoms with E-state index in [1.807, 2.05) is 17.5 Å². The maximum atomic E-state index is 13.0. The van der Waals surface area contributed by atoms with Gasteiger partial charge >= 0.3 is 6.36 Å². The maximum absolute atomic E-state index is 13.0. The quantitative estimate of drug-likeness (QED) is 0.479. The Hall–Kier alpha value is -3.40. The number of aromatic nitrogens is 2. The monoisotopic (exact) mass is 419 g/mol. The molecule has 0 unspecified atom stereocenters. The topological polar surface area (TPSA) is 77.2 Å². The molecule has 0 bridgehead atoms. The number of nitrogens with zero attached hydrogens (tertiary/aromatic N) is 2. The Morgan fingerprint density at radius 3 is 2.72 bits per heavy atom. The van der Waals surface area contributed by atoms with E-state index in [0.29, 0.717) is 16.8 Å². The Morgan fingerprint density at radius 1 is 1.21 bits per heavy atom. The van der Waals surface area contributed by atoms with E-state index in [1.165, 1.54) is 29.5 Å². The Kier molecular flexibility index (Phi) is 4.71. The number of carbonyl (C=O) groups excluding carboxylic acids is 1. The number of hydrogen-bond donors (Lipinski definition) is 1. The molecule has 0 saturated carbocycles. The number of pyridine rings is 1. The number of carbonyl (C=O) groups is 1. The van der Waals surface area contributed by atoms with Gasteiger partial charge in [-0.1, -0.05) is 23.4 Å². The second-order valence-corrected chi connectivity index (χ2v) is 6.93. The molecule has 29 heavy (non-hydrogen) atoms. The van der Waals surface area contributed by atoms with Crippen LogP contribution in [-0.2, 0) is 0 Å². The van der Waals surface area contributed by atoms with Crippen molar-refractivity contribution in [3.8, 4) is 16.3 Å². The van der Waals surface area contributed by atoms with Gasteiger partial charge in [0.15, 0.2) is 5.75 Å². The molecule has 148 valence electrons. The Bertz CT molecular complexity index is 1190. The summed E-state index contributed by atoms with van der Waals surface area (Å²) in [5.41, 5.74) is 1.16. The van der Waals surface area contributed by atoms with Crippen LogP contribution in [0.4, 0.5) is 18.9 Å². The largest absolute Gasteiger partial charge is 0.573 e. The summed E-state index contributed by atoms with van der Waals surface area (Å²) in [6.45, 7) is 1.65. The molecule has 3 aromatic heterocycles. The highest BCUT2D eigenvalue weighted by Gasteiger charge is 2.32. The molecule has 0 fully saturated rings. The molecule has 0 aliphatic carbocycles. The van der Waals surface area contributed by atoms with E-state index in [-0.39, 0.29) is 17.0 Å². The van der Waals surface area contributed by atoms with E-state index in [1.54, 1.807) is 13.0 Å². The molecular formula is C19H12F3N3O3S. The summed E-state index contributed by atoms with van der Waals surface area (Å²) in [5, 5.41) is 8.56. The van der Waals surface area contributed by atoms with E-state index in [4.69, 9.17) is 4.52 Å². The lowest BCUT2D eigenvalue weighted by Crippen LogP contribution is -2.19. The van der Waals surface area contributed by atoms with Crippen molar-refractivity contribution in [2.45, 2.75) is 13.3 Å². The average Bonchev–Trinajstić information content (AvgIpc) is 3.32. The molecule has 1 amide bonds. The smallest absolute Gasteiger partial charge is 0.404 e. The predicted octanol–water partition coefficient (Wildman–Crippen LogP) is 5.41. The molecule has 1 N–H and O–H groups in total. The highest BCUT2D eigenvalue weighted by atomic mass is 32.1. The van der Waals surface area contributed by atoms with Crippen molar-refractivity contribution in [3.05, 3.63) is 59.1 Å². The van der Waals surface area contributed by atoms with Crippen LogP contribution in [0.25, 0.3) is 21.7 Å². The fraction of sp³-hybridized carbons (Fsp3) is 0.105. The summed E-state index contributed by atoms with van der Waals surface area (Å²) >= 11 is 1.42. The van der Waals surface area contributed by atoms with E-state index in [2.05, 4.69) is 20.2 Å². The van der Waals surface area contributed by atoms with Crippen molar-refractivity contribution in [1.82, 2.24) is 10.1 Å². The number of ether oxygens (including phenoxy) is 1. The van der Waals surface area contributed by atoms with E-state index >= 15 is 0 Å². The van der Waals surface area contributed by atoms with Gasteiger partial charge in [-0.25, -0.2) is 4.98 Å². The summed E-state index contributed by atoms with van der Waals surface area (Å²) in [6, 6.07) is 10.5. The molecule has 0 aliphatic rings. The normalized spacial score (nSPS) is 11.6. The van der Waals surface area contributed by atoms with E-state index in [9.17, 15) is 18.0 Å². The number of thiophene rings is 1. The Balaban J connectivity index is 1.76. The second-order valence-electron chi connectivity index (χ2n) is 5.98. The van der Waals surface area contributed by atoms with Gasteiger partial charge in [0.2, 0.25) is 0 Å². The lowest BCUT2D eigenvalue weighted by atomic mass is 10.1. The van der Waals surface area contributed by atoms with Crippen molar-refractivity contribution in [2.75, 3.05) is 5.32 Å². The Labute approximate surface area is 165 Å². The summed E-state index contributed by atoms with van der Waals surface area (Å²) in [6.07, 6.45) is -4.89. The van der Waals surface area contributed by atoms with Crippen LogP contribution in [0.5, 0.6) is 5.75 Å². The third-order valence-electron chi connectivity index (χ3n) is 4.00. The van der Waals surface area contributed by atoms with Gasteiger partial charge in [0, 0.05) is 0 Å². The standard InChI is InChI=1S/C19H12F3N3O3S/c1-10-16-11(9-13(15-7-4-8-29-15)24-18(16)28-25-10)17(26)23-12-5-2-3-6-14(12)27-19(20,21)22/h2-9H,1H3,(H,23,26). The first kappa shape index (κ1) is 18.9. The van der Waals surface area contributed by atoms with Crippen LogP contribution in [0.15, 0.2) is 52.4 Å². The number of halogens is 3. The summed E-state index contributed by atoms with van der Waals surface area (Å²) in [7, 11) is 0. The molecule has 3 heterocycles. The number of anilines is 1. The van der Waals surface area contributed by atoms with Gasteiger partial charge in [0.25, 0.3) is 11.6 Å². The van der Waals surface area contributed by atoms with E-state index in [0.717, 1.165) is 10.9 Å². The van der Waals surface area contributed by atoms with Gasteiger partial charge in [0.1, 0.15) is 0 Å². The highest BCUT2D eigenvalue weighted by Crippen LogP contribution is 2.32. The minimum atomic E-state index is -4.89. The molecule has 10 heteroatoms. The van der Waals surface area contributed by atoms with E-state index < -0.39 is 18.0 Å². The molecule has 0 radical (unpaired) electrons.